The number of hydrogen-bond donors (Lipinski definition) is 2. The number of benzene rings is 3. The van der Waals surface area contributed by atoms with Crippen LogP contribution in [0, 0.1) is 5.82 Å². The van der Waals surface area contributed by atoms with E-state index in [1.807, 2.05) is 55.5 Å². The molecule has 1 aliphatic heterocycles. The van der Waals surface area contributed by atoms with Gasteiger partial charge in [0.2, 0.25) is 0 Å². The number of dihydropyridines is 1. The minimum Gasteiger partial charge on any atom is -0.362 e. The topological polar surface area (TPSA) is 58.2 Å². The van der Waals surface area contributed by atoms with Gasteiger partial charge >= 0.3 is 0 Å². The predicted molar refractivity (Wildman–Crippen MR) is 136 cm³/mol. The van der Waals surface area contributed by atoms with Crippen molar-refractivity contribution in [1.29, 1.82) is 0 Å². The molecule has 0 saturated heterocycles. The Morgan fingerprint density at radius 3 is 2.37 bits per heavy atom. The molecule has 0 aromatic heterocycles. The van der Waals surface area contributed by atoms with Gasteiger partial charge in [0.25, 0.3) is 5.91 Å². The summed E-state index contributed by atoms with van der Waals surface area (Å²) in [4.78, 5) is 27.2. The Bertz CT molecular complexity index is 1360. The monoisotopic (exact) mass is 486 g/mol. The molecule has 35 heavy (non-hydrogen) atoms. The Balaban J connectivity index is 1.57. The first kappa shape index (κ1) is 23.1. The van der Waals surface area contributed by atoms with Gasteiger partial charge < -0.3 is 10.6 Å². The second kappa shape index (κ2) is 9.51. The Kier molecular flexibility index (Phi) is 6.27. The van der Waals surface area contributed by atoms with Crippen molar-refractivity contribution in [2.75, 3.05) is 5.32 Å². The molecule has 0 radical (unpaired) electrons. The van der Waals surface area contributed by atoms with E-state index in [0.29, 0.717) is 46.0 Å². The predicted octanol–water partition coefficient (Wildman–Crippen LogP) is 6.48. The Morgan fingerprint density at radius 2 is 1.66 bits per heavy atom. The van der Waals surface area contributed by atoms with Gasteiger partial charge in [0.15, 0.2) is 5.78 Å². The zero-order valence-corrected chi connectivity index (χ0v) is 19.9. The molecule has 2 unspecified atom stereocenters. The number of ketones is 1. The Hall–Kier alpha value is -3.70. The van der Waals surface area contributed by atoms with Crippen molar-refractivity contribution in [3.63, 3.8) is 0 Å². The number of carbonyl (C=O) groups is 2. The molecule has 6 heteroatoms. The normalized spacial score (nSPS) is 19.8. The summed E-state index contributed by atoms with van der Waals surface area (Å²) in [5.41, 5.74) is 4.79. The number of amides is 1. The number of anilines is 1. The van der Waals surface area contributed by atoms with Gasteiger partial charge in [-0.25, -0.2) is 4.39 Å². The second-order valence-electron chi connectivity index (χ2n) is 8.91. The minimum atomic E-state index is -0.607. The van der Waals surface area contributed by atoms with Crippen LogP contribution in [-0.4, -0.2) is 11.7 Å². The summed E-state index contributed by atoms with van der Waals surface area (Å²) in [6.07, 6.45) is 1.02. The van der Waals surface area contributed by atoms with Crippen LogP contribution in [0.1, 0.15) is 42.7 Å². The summed E-state index contributed by atoms with van der Waals surface area (Å²) in [7, 11) is 0. The molecule has 5 rings (SSSR count). The fraction of sp³-hybridized carbons (Fsp3) is 0.172. The summed E-state index contributed by atoms with van der Waals surface area (Å²) in [5.74, 6) is -1.30. The first-order valence-corrected chi connectivity index (χ1v) is 11.9. The lowest BCUT2D eigenvalue weighted by molar-refractivity contribution is -0.116. The first-order chi connectivity index (χ1) is 16.9. The number of carbonyl (C=O) groups excluding carboxylic acids is 2. The third-order valence-corrected chi connectivity index (χ3v) is 7.01. The molecular formula is C29H24ClFN2O2. The average molecular weight is 487 g/mol. The van der Waals surface area contributed by atoms with E-state index in [9.17, 15) is 14.0 Å². The van der Waals surface area contributed by atoms with Gasteiger partial charge in [-0.2, -0.15) is 0 Å². The largest absolute Gasteiger partial charge is 0.362 e. The lowest BCUT2D eigenvalue weighted by Gasteiger charge is -2.37. The molecule has 1 amide bonds. The first-order valence-electron chi connectivity index (χ1n) is 11.5. The summed E-state index contributed by atoms with van der Waals surface area (Å²) < 4.78 is 13.4. The van der Waals surface area contributed by atoms with E-state index in [4.69, 9.17) is 11.6 Å². The van der Waals surface area contributed by atoms with Gasteiger partial charge in [0.1, 0.15) is 5.82 Å². The van der Waals surface area contributed by atoms with Gasteiger partial charge in [0.05, 0.1) is 0 Å². The van der Waals surface area contributed by atoms with Crippen molar-refractivity contribution in [2.45, 2.75) is 31.6 Å². The quantitative estimate of drug-likeness (QED) is 0.443. The number of rotatable bonds is 4. The van der Waals surface area contributed by atoms with E-state index in [-0.39, 0.29) is 23.4 Å². The fourth-order valence-electron chi connectivity index (χ4n) is 5.05. The molecule has 3 aromatic rings. The standard InChI is InChI=1S/C29H24ClFN2O2/c1-17-26(29(35)33-21-13-11-20(31)12-14-21)27(22-9-5-6-10-23(22)30)28-24(32-17)15-19(16-25(28)34)18-7-3-2-4-8-18/h2-14,19,27,32H,15-16H2,1H3,(H,33,35). The number of hydrogen-bond acceptors (Lipinski definition) is 3. The highest BCUT2D eigenvalue weighted by atomic mass is 35.5. The van der Waals surface area contributed by atoms with Crippen LogP contribution in [-0.2, 0) is 9.59 Å². The highest BCUT2D eigenvalue weighted by Crippen LogP contribution is 2.47. The molecule has 4 nitrogen and oxygen atoms in total. The molecule has 3 aromatic carbocycles. The van der Waals surface area contributed by atoms with Crippen LogP contribution in [0.5, 0.6) is 0 Å². The summed E-state index contributed by atoms with van der Waals surface area (Å²) in [6.45, 7) is 1.84. The molecular weight excluding hydrogens is 463 g/mol. The van der Waals surface area contributed by atoms with Crippen LogP contribution in [0.3, 0.4) is 0 Å². The number of Topliss-reactive ketones (excluding diaryl/α,β-unsaturated/α-hetero) is 1. The van der Waals surface area contributed by atoms with E-state index in [2.05, 4.69) is 10.6 Å². The molecule has 2 aliphatic rings. The van der Waals surface area contributed by atoms with Crippen molar-refractivity contribution in [3.8, 4) is 0 Å². The zero-order valence-electron chi connectivity index (χ0n) is 19.1. The van der Waals surface area contributed by atoms with Gasteiger partial charge in [-0.3, -0.25) is 9.59 Å². The molecule has 0 spiro atoms. The maximum absolute atomic E-state index is 13.6. The van der Waals surface area contributed by atoms with Crippen LogP contribution in [0.2, 0.25) is 5.02 Å². The van der Waals surface area contributed by atoms with E-state index in [1.54, 1.807) is 6.07 Å². The summed E-state index contributed by atoms with van der Waals surface area (Å²) in [5, 5.41) is 6.71. The molecule has 1 heterocycles. The van der Waals surface area contributed by atoms with Gasteiger partial charge in [-0.1, -0.05) is 60.1 Å². The summed E-state index contributed by atoms with van der Waals surface area (Å²) in [6, 6.07) is 22.9. The van der Waals surface area contributed by atoms with Crippen molar-refractivity contribution in [1.82, 2.24) is 5.32 Å². The van der Waals surface area contributed by atoms with Crippen LogP contribution in [0.15, 0.2) is 101 Å². The third-order valence-electron chi connectivity index (χ3n) is 6.66. The molecule has 0 bridgehead atoms. The molecule has 0 fully saturated rings. The van der Waals surface area contributed by atoms with Gasteiger partial charge in [-0.15, -0.1) is 0 Å². The third kappa shape index (κ3) is 4.52. The smallest absolute Gasteiger partial charge is 0.254 e. The number of nitrogens with one attached hydrogen (secondary N) is 2. The minimum absolute atomic E-state index is 0.00268. The summed E-state index contributed by atoms with van der Waals surface area (Å²) >= 11 is 6.61. The van der Waals surface area contributed by atoms with Crippen molar-refractivity contribution >= 4 is 29.0 Å². The van der Waals surface area contributed by atoms with Crippen molar-refractivity contribution in [2.24, 2.45) is 0 Å². The Morgan fingerprint density at radius 1 is 0.971 bits per heavy atom. The second-order valence-corrected chi connectivity index (χ2v) is 9.32. The molecule has 0 saturated carbocycles. The Labute approximate surface area is 208 Å². The van der Waals surface area contributed by atoms with E-state index in [0.717, 1.165) is 11.3 Å². The molecule has 2 N–H and O–H groups in total. The van der Waals surface area contributed by atoms with Crippen LogP contribution < -0.4 is 10.6 Å². The lowest BCUT2D eigenvalue weighted by atomic mass is 9.71. The molecule has 1 aliphatic carbocycles. The van der Waals surface area contributed by atoms with Crippen LogP contribution in [0.4, 0.5) is 10.1 Å². The molecule has 176 valence electrons. The maximum atomic E-state index is 13.6. The van der Waals surface area contributed by atoms with Gasteiger partial charge in [-0.05, 0) is 60.7 Å². The van der Waals surface area contributed by atoms with Crippen LogP contribution in [0.25, 0.3) is 0 Å². The highest BCUT2D eigenvalue weighted by Gasteiger charge is 2.41. The highest BCUT2D eigenvalue weighted by molar-refractivity contribution is 6.31. The van der Waals surface area contributed by atoms with E-state index < -0.39 is 5.92 Å². The fourth-order valence-corrected chi connectivity index (χ4v) is 5.30. The maximum Gasteiger partial charge on any atom is 0.254 e. The van der Waals surface area contributed by atoms with Crippen molar-refractivity contribution in [3.05, 3.63) is 123 Å². The lowest BCUT2D eigenvalue weighted by Crippen LogP contribution is -2.37. The molecule has 2 atom stereocenters. The number of halogens is 2. The average Bonchev–Trinajstić information content (AvgIpc) is 2.85. The SMILES string of the molecule is CC1=C(C(=O)Nc2ccc(F)cc2)C(c2ccccc2Cl)C2=C(CC(c3ccccc3)CC2=O)N1. The van der Waals surface area contributed by atoms with Crippen LogP contribution >= 0.6 is 11.6 Å². The number of allylic oxidation sites excluding steroid dienone is 3. The van der Waals surface area contributed by atoms with Gasteiger partial charge in [0, 0.05) is 45.6 Å². The van der Waals surface area contributed by atoms with Crippen molar-refractivity contribution < 1.29 is 14.0 Å². The van der Waals surface area contributed by atoms with E-state index >= 15 is 0 Å². The zero-order chi connectivity index (χ0) is 24.5. The van der Waals surface area contributed by atoms with E-state index in [1.165, 1.54) is 24.3 Å².